The lowest BCUT2D eigenvalue weighted by molar-refractivity contribution is 0.397. The van der Waals surface area contributed by atoms with Crippen molar-refractivity contribution in [3.05, 3.63) is 35.2 Å². The Bertz CT molecular complexity index is 605. The number of imidazole rings is 1. The van der Waals surface area contributed by atoms with E-state index in [0.29, 0.717) is 5.92 Å². The van der Waals surface area contributed by atoms with Gasteiger partial charge in [-0.15, -0.1) is 0 Å². The fourth-order valence-electron chi connectivity index (χ4n) is 3.01. The fraction of sp³-hybridized carbons (Fsp3) is 0.438. The van der Waals surface area contributed by atoms with Crippen LogP contribution in [0.25, 0.3) is 11.3 Å². The van der Waals surface area contributed by atoms with Crippen LogP contribution in [0.5, 0.6) is 0 Å². The summed E-state index contributed by atoms with van der Waals surface area (Å²) in [4.78, 5) is 4.78. The van der Waals surface area contributed by atoms with Crippen molar-refractivity contribution in [2.75, 3.05) is 5.73 Å². The first kappa shape index (κ1) is 12.3. The highest BCUT2D eigenvalue weighted by Gasteiger charge is 2.22. The van der Waals surface area contributed by atoms with E-state index in [1.54, 1.807) is 0 Å². The van der Waals surface area contributed by atoms with Gasteiger partial charge >= 0.3 is 0 Å². The first-order chi connectivity index (χ1) is 9.04. The Labute approximate surface area is 114 Å². The summed E-state index contributed by atoms with van der Waals surface area (Å²) in [5, 5.41) is 0. The van der Waals surface area contributed by atoms with Crippen LogP contribution >= 0.6 is 0 Å². The van der Waals surface area contributed by atoms with Crippen LogP contribution in [0.3, 0.4) is 0 Å². The average molecular weight is 255 g/mol. The Morgan fingerprint density at radius 1 is 1.21 bits per heavy atom. The molecule has 1 aromatic heterocycles. The summed E-state index contributed by atoms with van der Waals surface area (Å²) >= 11 is 0. The van der Waals surface area contributed by atoms with Crippen LogP contribution < -0.4 is 5.73 Å². The first-order valence-corrected chi connectivity index (χ1v) is 6.98. The number of nitrogen functional groups attached to an aromatic ring is 1. The highest BCUT2D eigenvalue weighted by atomic mass is 15.1. The van der Waals surface area contributed by atoms with Crippen molar-refractivity contribution in [1.82, 2.24) is 9.55 Å². The normalized spacial score (nSPS) is 18.4. The summed E-state index contributed by atoms with van der Waals surface area (Å²) in [6.45, 7) is 7.51. The zero-order valence-electron chi connectivity index (χ0n) is 11.9. The lowest BCUT2D eigenvalue weighted by Crippen LogP contribution is -2.19. The van der Waals surface area contributed by atoms with E-state index in [9.17, 15) is 0 Å². The summed E-state index contributed by atoms with van der Waals surface area (Å²) in [5.74, 6) is 2.66. The van der Waals surface area contributed by atoms with E-state index in [4.69, 9.17) is 10.7 Å². The lowest BCUT2D eigenvalue weighted by Gasteiger charge is -2.20. The van der Waals surface area contributed by atoms with Crippen LogP contribution in [0, 0.1) is 19.8 Å². The molecular weight excluding hydrogens is 234 g/mol. The quantitative estimate of drug-likeness (QED) is 0.849. The molecule has 1 aromatic carbocycles. The number of nitrogens with two attached hydrogens (primary N) is 1. The van der Waals surface area contributed by atoms with Crippen molar-refractivity contribution in [3.8, 4) is 11.3 Å². The monoisotopic (exact) mass is 255 g/mol. The molecule has 100 valence electrons. The number of benzene rings is 1. The first-order valence-electron chi connectivity index (χ1n) is 6.98. The second-order valence-corrected chi connectivity index (χ2v) is 5.89. The summed E-state index contributed by atoms with van der Waals surface area (Å²) in [6.07, 6.45) is 2.25. The van der Waals surface area contributed by atoms with Crippen LogP contribution in [0.1, 0.15) is 30.3 Å². The third-order valence-electron chi connectivity index (χ3n) is 3.94. The van der Waals surface area contributed by atoms with Crippen LogP contribution in [0.2, 0.25) is 0 Å². The largest absolute Gasteiger partial charge is 0.383 e. The number of aromatic nitrogens is 2. The zero-order chi connectivity index (χ0) is 13.6. The van der Waals surface area contributed by atoms with Crippen molar-refractivity contribution >= 4 is 5.82 Å². The molecule has 0 saturated carbocycles. The molecule has 2 aromatic rings. The SMILES string of the molecule is Cc1cc(C)cc(-c2nc3n(c2N)CC(C)CC3)c1. The summed E-state index contributed by atoms with van der Waals surface area (Å²) in [7, 11) is 0. The molecule has 0 aliphatic carbocycles. The number of anilines is 1. The minimum Gasteiger partial charge on any atom is -0.383 e. The van der Waals surface area contributed by atoms with Crippen molar-refractivity contribution in [2.45, 2.75) is 40.2 Å². The molecule has 1 atom stereocenters. The molecular formula is C16H21N3. The fourth-order valence-corrected chi connectivity index (χ4v) is 3.01. The second-order valence-electron chi connectivity index (χ2n) is 5.89. The van der Waals surface area contributed by atoms with Crippen LogP contribution in [-0.4, -0.2) is 9.55 Å². The van der Waals surface area contributed by atoms with Crippen LogP contribution in [0.15, 0.2) is 18.2 Å². The molecule has 3 heteroatoms. The smallest absolute Gasteiger partial charge is 0.131 e. The van der Waals surface area contributed by atoms with Gasteiger partial charge in [0.25, 0.3) is 0 Å². The van der Waals surface area contributed by atoms with Gasteiger partial charge in [-0.2, -0.15) is 0 Å². The second kappa shape index (κ2) is 4.41. The average Bonchev–Trinajstić information content (AvgIpc) is 2.66. The number of hydrogen-bond donors (Lipinski definition) is 1. The van der Waals surface area contributed by atoms with Crippen molar-refractivity contribution < 1.29 is 0 Å². The number of fused-ring (bicyclic) bond motifs is 1. The van der Waals surface area contributed by atoms with Crippen LogP contribution in [-0.2, 0) is 13.0 Å². The van der Waals surface area contributed by atoms with Gasteiger partial charge in [0.1, 0.15) is 17.3 Å². The van der Waals surface area contributed by atoms with Crippen LogP contribution in [0.4, 0.5) is 5.82 Å². The van der Waals surface area contributed by atoms with E-state index in [2.05, 4.69) is 43.5 Å². The van der Waals surface area contributed by atoms with Gasteiger partial charge in [0.2, 0.25) is 0 Å². The highest BCUT2D eigenvalue weighted by Crippen LogP contribution is 2.31. The minimum atomic E-state index is 0.691. The molecule has 1 aliphatic heterocycles. The topological polar surface area (TPSA) is 43.8 Å². The molecule has 0 saturated heterocycles. The number of hydrogen-bond acceptors (Lipinski definition) is 2. The van der Waals surface area contributed by atoms with Gasteiger partial charge in [0.15, 0.2) is 0 Å². The van der Waals surface area contributed by atoms with Gasteiger partial charge in [-0.1, -0.05) is 24.1 Å². The Hall–Kier alpha value is -1.77. The Morgan fingerprint density at radius 2 is 1.89 bits per heavy atom. The number of nitrogens with zero attached hydrogens (tertiary/aromatic N) is 2. The molecule has 3 nitrogen and oxygen atoms in total. The third kappa shape index (κ3) is 2.14. The maximum absolute atomic E-state index is 6.32. The molecule has 1 aliphatic rings. The van der Waals surface area contributed by atoms with E-state index in [1.807, 2.05) is 0 Å². The van der Waals surface area contributed by atoms with E-state index in [1.165, 1.54) is 17.5 Å². The maximum Gasteiger partial charge on any atom is 0.131 e. The Morgan fingerprint density at radius 3 is 2.58 bits per heavy atom. The van der Waals surface area contributed by atoms with Gasteiger partial charge < -0.3 is 10.3 Å². The maximum atomic E-state index is 6.32. The van der Waals surface area contributed by atoms with E-state index < -0.39 is 0 Å². The molecule has 0 amide bonds. The highest BCUT2D eigenvalue weighted by molar-refractivity contribution is 5.72. The number of aryl methyl sites for hydroxylation is 3. The summed E-state index contributed by atoms with van der Waals surface area (Å²) < 4.78 is 2.20. The predicted octanol–water partition coefficient (Wildman–Crippen LogP) is 3.33. The molecule has 0 fully saturated rings. The molecule has 0 spiro atoms. The van der Waals surface area contributed by atoms with Gasteiger partial charge in [-0.05, 0) is 38.3 Å². The van der Waals surface area contributed by atoms with Crippen molar-refractivity contribution in [2.24, 2.45) is 5.92 Å². The molecule has 2 heterocycles. The Kier molecular flexibility index (Phi) is 2.85. The molecule has 2 N–H and O–H groups in total. The summed E-state index contributed by atoms with van der Waals surface area (Å²) in [6, 6.07) is 6.51. The molecule has 3 rings (SSSR count). The molecule has 0 radical (unpaired) electrons. The van der Waals surface area contributed by atoms with E-state index in [0.717, 1.165) is 35.9 Å². The van der Waals surface area contributed by atoms with E-state index in [-0.39, 0.29) is 0 Å². The van der Waals surface area contributed by atoms with E-state index >= 15 is 0 Å². The standard InChI is InChI=1S/C16H21N3/c1-10-4-5-14-18-15(16(17)19(14)9-10)13-7-11(2)6-12(3)8-13/h6-8,10H,4-5,9,17H2,1-3H3. The summed E-state index contributed by atoms with van der Waals surface area (Å²) in [5.41, 5.74) is 10.9. The third-order valence-corrected chi connectivity index (χ3v) is 3.94. The minimum absolute atomic E-state index is 0.691. The predicted molar refractivity (Wildman–Crippen MR) is 79.0 cm³/mol. The van der Waals surface area contributed by atoms with Gasteiger partial charge in [-0.25, -0.2) is 4.98 Å². The van der Waals surface area contributed by atoms with Crippen molar-refractivity contribution in [3.63, 3.8) is 0 Å². The molecule has 19 heavy (non-hydrogen) atoms. The molecule has 1 unspecified atom stereocenters. The van der Waals surface area contributed by atoms with Gasteiger partial charge in [-0.3, -0.25) is 0 Å². The molecule has 0 bridgehead atoms. The zero-order valence-corrected chi connectivity index (χ0v) is 11.9. The van der Waals surface area contributed by atoms with Gasteiger partial charge in [0.05, 0.1) is 0 Å². The van der Waals surface area contributed by atoms with Crippen molar-refractivity contribution in [1.29, 1.82) is 0 Å². The lowest BCUT2D eigenvalue weighted by atomic mass is 10.0. The van der Waals surface area contributed by atoms with Gasteiger partial charge in [0, 0.05) is 18.5 Å². The number of rotatable bonds is 1. The Balaban J connectivity index is 2.11.